The molecule has 0 bridgehead atoms. The molecule has 1 aromatic heterocycles. The number of rotatable bonds is 9. The highest BCUT2D eigenvalue weighted by molar-refractivity contribution is 5.92. The summed E-state index contributed by atoms with van der Waals surface area (Å²) in [4.78, 5) is 24.4. The molecule has 0 saturated heterocycles. The molecule has 0 spiro atoms. The number of hydrogen-bond acceptors (Lipinski definition) is 8. The summed E-state index contributed by atoms with van der Waals surface area (Å²) in [5, 5.41) is 6.45. The van der Waals surface area contributed by atoms with E-state index in [1.54, 1.807) is 44.4 Å². The molecule has 0 radical (unpaired) electrons. The molecular weight excluding hydrogens is 404 g/mol. The number of aromatic nitrogens is 1. The lowest BCUT2D eigenvalue weighted by atomic mass is 10.2. The van der Waals surface area contributed by atoms with Gasteiger partial charge < -0.3 is 28.8 Å². The molecule has 0 atom stereocenters. The molecule has 1 N–H and O–H groups in total. The zero-order chi connectivity index (χ0) is 22.2. The van der Waals surface area contributed by atoms with Gasteiger partial charge in [0.05, 0.1) is 25.5 Å². The molecule has 0 aliphatic heterocycles. The Morgan fingerprint density at radius 3 is 2.42 bits per heavy atom. The number of carbonyl (C=O) groups is 2. The van der Waals surface area contributed by atoms with E-state index in [0.717, 1.165) is 0 Å². The largest absolute Gasteiger partial charge is 0.497 e. The van der Waals surface area contributed by atoms with Crippen LogP contribution in [0.5, 0.6) is 17.2 Å². The molecule has 0 aliphatic carbocycles. The lowest BCUT2D eigenvalue weighted by Crippen LogP contribution is -2.20. The first kappa shape index (κ1) is 21.7. The van der Waals surface area contributed by atoms with Crippen LogP contribution in [-0.4, -0.2) is 37.9 Å². The van der Waals surface area contributed by atoms with Gasteiger partial charge in [-0.3, -0.25) is 4.79 Å². The number of nitrogens with zero attached hydrogens (tertiary/aromatic N) is 1. The van der Waals surface area contributed by atoms with Crippen molar-refractivity contribution in [3.8, 4) is 17.2 Å². The van der Waals surface area contributed by atoms with Crippen molar-refractivity contribution < 1.29 is 33.1 Å². The highest BCUT2D eigenvalue weighted by Gasteiger charge is 2.15. The molecule has 0 fully saturated rings. The lowest BCUT2D eigenvalue weighted by Gasteiger charge is -2.12. The normalized spacial score (nSPS) is 10.3. The van der Waals surface area contributed by atoms with Crippen LogP contribution in [0.3, 0.4) is 0 Å². The van der Waals surface area contributed by atoms with Gasteiger partial charge in [-0.25, -0.2) is 4.79 Å². The first-order valence-electron chi connectivity index (χ1n) is 9.32. The predicted octanol–water partition coefficient (Wildman–Crippen LogP) is 3.37. The molecule has 162 valence electrons. The van der Waals surface area contributed by atoms with E-state index in [1.807, 2.05) is 0 Å². The summed E-state index contributed by atoms with van der Waals surface area (Å²) in [6.07, 6.45) is 0. The standard InChI is InChI=1S/C22H22N2O7/c1-14-10-18(31-24-14)12-30-22(26)15-4-9-19(20(11-15)28-3)29-13-21(25)23-16-5-7-17(27-2)8-6-16/h4-11H,12-13H2,1-3H3,(H,23,25). The predicted molar refractivity (Wildman–Crippen MR) is 110 cm³/mol. The zero-order valence-corrected chi connectivity index (χ0v) is 17.3. The van der Waals surface area contributed by atoms with Crippen LogP contribution in [0.2, 0.25) is 0 Å². The van der Waals surface area contributed by atoms with Crippen molar-refractivity contribution in [1.82, 2.24) is 5.16 Å². The summed E-state index contributed by atoms with van der Waals surface area (Å²) in [7, 11) is 3.00. The van der Waals surface area contributed by atoms with E-state index in [4.69, 9.17) is 23.5 Å². The van der Waals surface area contributed by atoms with Crippen molar-refractivity contribution in [2.45, 2.75) is 13.5 Å². The van der Waals surface area contributed by atoms with Gasteiger partial charge in [0.2, 0.25) is 0 Å². The van der Waals surface area contributed by atoms with Crippen LogP contribution in [0.1, 0.15) is 21.8 Å². The Morgan fingerprint density at radius 2 is 1.77 bits per heavy atom. The molecule has 0 saturated carbocycles. The first-order valence-corrected chi connectivity index (χ1v) is 9.32. The van der Waals surface area contributed by atoms with E-state index in [1.165, 1.54) is 25.3 Å². The second-order valence-electron chi connectivity index (χ2n) is 6.44. The fourth-order valence-electron chi connectivity index (χ4n) is 2.63. The maximum atomic E-state index is 12.3. The quantitative estimate of drug-likeness (QED) is 0.519. The van der Waals surface area contributed by atoms with E-state index in [9.17, 15) is 9.59 Å². The van der Waals surface area contributed by atoms with Crippen LogP contribution >= 0.6 is 0 Å². The maximum Gasteiger partial charge on any atom is 0.338 e. The van der Waals surface area contributed by atoms with E-state index < -0.39 is 5.97 Å². The molecule has 0 aliphatic rings. The highest BCUT2D eigenvalue weighted by atomic mass is 16.6. The van der Waals surface area contributed by atoms with Crippen molar-refractivity contribution in [3.63, 3.8) is 0 Å². The Hall–Kier alpha value is -4.01. The smallest absolute Gasteiger partial charge is 0.338 e. The molecule has 1 heterocycles. The third-order valence-corrected chi connectivity index (χ3v) is 4.15. The SMILES string of the molecule is COc1ccc(NC(=O)COc2ccc(C(=O)OCc3cc(C)no3)cc2OC)cc1. The van der Waals surface area contributed by atoms with Gasteiger partial charge in [0, 0.05) is 11.8 Å². The van der Waals surface area contributed by atoms with E-state index >= 15 is 0 Å². The van der Waals surface area contributed by atoms with Crippen molar-refractivity contribution in [3.05, 3.63) is 65.5 Å². The molecule has 1 amide bonds. The minimum absolute atomic E-state index is 0.0359. The van der Waals surface area contributed by atoms with Crippen LogP contribution in [0.25, 0.3) is 0 Å². The second kappa shape index (κ2) is 10.1. The van der Waals surface area contributed by atoms with E-state index in [0.29, 0.717) is 34.4 Å². The number of ether oxygens (including phenoxy) is 4. The number of esters is 1. The number of anilines is 1. The molecule has 9 nitrogen and oxygen atoms in total. The van der Waals surface area contributed by atoms with Gasteiger partial charge in [-0.05, 0) is 49.4 Å². The Labute approximate surface area is 178 Å². The van der Waals surface area contributed by atoms with Gasteiger partial charge in [-0.1, -0.05) is 5.16 Å². The van der Waals surface area contributed by atoms with Crippen molar-refractivity contribution in [1.29, 1.82) is 0 Å². The molecule has 31 heavy (non-hydrogen) atoms. The molecule has 3 rings (SSSR count). The zero-order valence-electron chi connectivity index (χ0n) is 17.3. The summed E-state index contributed by atoms with van der Waals surface area (Å²) in [5.41, 5.74) is 1.58. The van der Waals surface area contributed by atoms with Gasteiger partial charge in [0.15, 0.2) is 30.5 Å². The summed E-state index contributed by atoms with van der Waals surface area (Å²) in [6, 6.07) is 13.1. The molecule has 3 aromatic rings. The van der Waals surface area contributed by atoms with E-state index in [2.05, 4.69) is 10.5 Å². The number of benzene rings is 2. The van der Waals surface area contributed by atoms with Crippen LogP contribution < -0.4 is 19.5 Å². The molecule has 9 heteroatoms. The fourth-order valence-corrected chi connectivity index (χ4v) is 2.63. The van der Waals surface area contributed by atoms with Gasteiger partial charge in [-0.15, -0.1) is 0 Å². The average molecular weight is 426 g/mol. The van der Waals surface area contributed by atoms with Crippen LogP contribution in [0.4, 0.5) is 5.69 Å². The van der Waals surface area contributed by atoms with Crippen LogP contribution in [-0.2, 0) is 16.1 Å². The number of nitrogens with one attached hydrogen (secondary N) is 1. The number of methoxy groups -OCH3 is 2. The number of hydrogen-bond donors (Lipinski definition) is 1. The third-order valence-electron chi connectivity index (χ3n) is 4.15. The van der Waals surface area contributed by atoms with Gasteiger partial charge >= 0.3 is 5.97 Å². The Bertz CT molecular complexity index is 1040. The fraction of sp³-hybridized carbons (Fsp3) is 0.227. The van der Waals surface area contributed by atoms with Gasteiger partial charge in [0.1, 0.15) is 5.75 Å². The maximum absolute atomic E-state index is 12.3. The third kappa shape index (κ3) is 5.99. The topological polar surface area (TPSA) is 109 Å². The van der Waals surface area contributed by atoms with Crippen LogP contribution in [0, 0.1) is 6.92 Å². The minimum Gasteiger partial charge on any atom is -0.497 e. The van der Waals surface area contributed by atoms with Crippen molar-refractivity contribution >= 4 is 17.6 Å². The summed E-state index contributed by atoms with van der Waals surface area (Å²) >= 11 is 0. The first-order chi connectivity index (χ1) is 15.0. The number of carbonyl (C=O) groups excluding carboxylic acids is 2. The lowest BCUT2D eigenvalue weighted by molar-refractivity contribution is -0.118. The number of aryl methyl sites for hydroxylation is 1. The van der Waals surface area contributed by atoms with Gasteiger partial charge in [0.25, 0.3) is 5.91 Å². The average Bonchev–Trinajstić information content (AvgIpc) is 3.21. The summed E-state index contributed by atoms with van der Waals surface area (Å²) in [5.74, 6) is 0.834. The molecular formula is C22H22N2O7. The summed E-state index contributed by atoms with van der Waals surface area (Å²) in [6.45, 7) is 1.50. The van der Waals surface area contributed by atoms with Crippen molar-refractivity contribution in [2.24, 2.45) is 0 Å². The second-order valence-corrected chi connectivity index (χ2v) is 6.44. The Kier molecular flexibility index (Phi) is 7.10. The Balaban J connectivity index is 1.56. The molecule has 0 unspecified atom stereocenters. The van der Waals surface area contributed by atoms with Gasteiger partial charge in [-0.2, -0.15) is 0 Å². The number of amides is 1. The minimum atomic E-state index is -0.559. The monoisotopic (exact) mass is 426 g/mol. The van der Waals surface area contributed by atoms with Crippen molar-refractivity contribution in [2.75, 3.05) is 26.1 Å². The summed E-state index contributed by atoms with van der Waals surface area (Å²) < 4.78 is 26.1. The van der Waals surface area contributed by atoms with E-state index in [-0.39, 0.29) is 24.7 Å². The van der Waals surface area contributed by atoms with Crippen LogP contribution in [0.15, 0.2) is 53.1 Å². The Morgan fingerprint density at radius 1 is 1.00 bits per heavy atom. The highest BCUT2D eigenvalue weighted by Crippen LogP contribution is 2.28. The molecule has 2 aromatic carbocycles.